The number of likely N-dealkylation sites (tertiary alicyclic amines) is 1. The van der Waals surface area contributed by atoms with E-state index in [-0.39, 0.29) is 5.91 Å². The molecule has 26 heavy (non-hydrogen) atoms. The summed E-state index contributed by atoms with van der Waals surface area (Å²) >= 11 is 6.20. The molecular formula is C20H24ClN3O2. The lowest BCUT2D eigenvalue weighted by Gasteiger charge is -2.37. The Hall–Kier alpha value is -1.88. The number of amides is 1. The van der Waals surface area contributed by atoms with Crippen LogP contribution in [0, 0.1) is 12.8 Å². The van der Waals surface area contributed by atoms with Crippen LogP contribution in [0.3, 0.4) is 0 Å². The van der Waals surface area contributed by atoms with Gasteiger partial charge in [0.2, 0.25) is 17.7 Å². The highest BCUT2D eigenvalue weighted by Crippen LogP contribution is 2.57. The maximum atomic E-state index is 12.5. The van der Waals surface area contributed by atoms with Gasteiger partial charge >= 0.3 is 0 Å². The Bertz CT molecular complexity index is 792. The zero-order valence-electron chi connectivity index (χ0n) is 15.1. The van der Waals surface area contributed by atoms with Gasteiger partial charge in [-0.3, -0.25) is 4.79 Å². The number of hydrogen-bond acceptors (Lipinski definition) is 4. The van der Waals surface area contributed by atoms with E-state index in [4.69, 9.17) is 16.0 Å². The number of nitrogens with zero attached hydrogens (tertiary/aromatic N) is 3. The second-order valence-electron chi connectivity index (χ2n) is 7.54. The van der Waals surface area contributed by atoms with Crippen molar-refractivity contribution >= 4 is 17.5 Å². The maximum absolute atomic E-state index is 12.5. The topological polar surface area (TPSA) is 59.2 Å². The second-order valence-corrected chi connectivity index (χ2v) is 7.97. The summed E-state index contributed by atoms with van der Waals surface area (Å²) in [4.78, 5) is 14.5. The van der Waals surface area contributed by atoms with E-state index in [9.17, 15) is 4.79 Å². The highest BCUT2D eigenvalue weighted by atomic mass is 35.5. The first-order valence-electron chi connectivity index (χ1n) is 9.40. The third-order valence-electron chi connectivity index (χ3n) is 5.94. The van der Waals surface area contributed by atoms with Crippen LogP contribution >= 0.6 is 11.6 Å². The fourth-order valence-electron chi connectivity index (χ4n) is 4.36. The molecule has 1 aromatic heterocycles. The van der Waals surface area contributed by atoms with Crippen molar-refractivity contribution in [2.75, 3.05) is 13.1 Å². The fourth-order valence-corrected chi connectivity index (χ4v) is 4.55. The van der Waals surface area contributed by atoms with Gasteiger partial charge in [0.25, 0.3) is 0 Å². The molecule has 2 aromatic rings. The number of carbonyl (C=O) groups excluding carboxylic acids is 1. The zero-order valence-corrected chi connectivity index (χ0v) is 15.8. The predicted molar refractivity (Wildman–Crippen MR) is 99.0 cm³/mol. The van der Waals surface area contributed by atoms with Crippen molar-refractivity contribution in [2.24, 2.45) is 5.92 Å². The van der Waals surface area contributed by atoms with Crippen molar-refractivity contribution in [1.29, 1.82) is 0 Å². The maximum Gasteiger partial charge on any atom is 0.223 e. The first-order chi connectivity index (χ1) is 12.6. The largest absolute Gasteiger partial charge is 0.426 e. The van der Waals surface area contributed by atoms with Crippen LogP contribution in [0.1, 0.15) is 49.4 Å². The van der Waals surface area contributed by atoms with E-state index in [0.717, 1.165) is 31.0 Å². The summed E-state index contributed by atoms with van der Waals surface area (Å²) in [6.07, 6.45) is 5.57. The molecule has 1 aliphatic carbocycles. The van der Waals surface area contributed by atoms with E-state index in [1.165, 1.54) is 18.4 Å². The van der Waals surface area contributed by atoms with Gasteiger partial charge in [0.05, 0.1) is 0 Å². The van der Waals surface area contributed by atoms with Gasteiger partial charge in [-0.2, -0.15) is 0 Å². The minimum Gasteiger partial charge on any atom is -0.426 e. The van der Waals surface area contributed by atoms with E-state index in [2.05, 4.69) is 28.4 Å². The molecule has 0 bridgehead atoms. The van der Waals surface area contributed by atoms with Crippen LogP contribution < -0.4 is 0 Å². The molecule has 138 valence electrons. The van der Waals surface area contributed by atoms with Gasteiger partial charge in [0.1, 0.15) is 0 Å². The quantitative estimate of drug-likeness (QED) is 0.796. The smallest absolute Gasteiger partial charge is 0.223 e. The molecule has 1 saturated heterocycles. The van der Waals surface area contributed by atoms with Crippen molar-refractivity contribution < 1.29 is 9.21 Å². The molecule has 2 heterocycles. The lowest BCUT2D eigenvalue weighted by atomic mass is 9.77. The number of aryl methyl sites for hydroxylation is 2. The standard InChI is InChI=1S/C20H24ClN3O2/c1-14-22-23-18(26-14)5-6-19(25)24-11-7-15(8-12-24)20(9-10-20)16-3-2-4-17(21)13-16/h2-4,13,15H,5-12H2,1H3. The van der Waals surface area contributed by atoms with Crippen LogP contribution in [0.5, 0.6) is 0 Å². The summed E-state index contributed by atoms with van der Waals surface area (Å²) < 4.78 is 5.35. The van der Waals surface area contributed by atoms with E-state index in [1.807, 2.05) is 11.0 Å². The number of hydrogen-bond donors (Lipinski definition) is 0. The Labute approximate surface area is 158 Å². The number of benzene rings is 1. The fraction of sp³-hybridized carbons (Fsp3) is 0.550. The first-order valence-corrected chi connectivity index (χ1v) is 9.77. The first kappa shape index (κ1) is 17.5. The Morgan fingerprint density at radius 3 is 2.69 bits per heavy atom. The van der Waals surface area contributed by atoms with Crippen LogP contribution in [-0.4, -0.2) is 34.1 Å². The SMILES string of the molecule is Cc1nnc(CCC(=O)N2CCC(C3(c4cccc(Cl)c4)CC3)CC2)o1. The van der Waals surface area contributed by atoms with Crippen molar-refractivity contribution in [2.45, 2.75) is 50.9 Å². The summed E-state index contributed by atoms with van der Waals surface area (Å²) in [5, 5.41) is 8.58. The van der Waals surface area contributed by atoms with Gasteiger partial charge in [0, 0.05) is 37.9 Å². The molecule has 1 aromatic carbocycles. The predicted octanol–water partition coefficient (Wildman–Crippen LogP) is 3.93. The van der Waals surface area contributed by atoms with Crippen LogP contribution in [0.2, 0.25) is 5.02 Å². The van der Waals surface area contributed by atoms with E-state index in [1.54, 1.807) is 6.92 Å². The molecule has 0 spiro atoms. The van der Waals surface area contributed by atoms with Gasteiger partial charge in [0.15, 0.2) is 0 Å². The summed E-state index contributed by atoms with van der Waals surface area (Å²) in [7, 11) is 0. The van der Waals surface area contributed by atoms with Crippen LogP contribution in [0.25, 0.3) is 0 Å². The lowest BCUT2D eigenvalue weighted by molar-refractivity contribution is -0.132. The van der Waals surface area contributed by atoms with E-state index in [0.29, 0.717) is 36.0 Å². The molecule has 1 amide bonds. The van der Waals surface area contributed by atoms with Gasteiger partial charge in [-0.05, 0) is 54.7 Å². The van der Waals surface area contributed by atoms with Gasteiger partial charge < -0.3 is 9.32 Å². The summed E-state index contributed by atoms with van der Waals surface area (Å²) in [6, 6.07) is 8.32. The van der Waals surface area contributed by atoms with Gasteiger partial charge in [-0.25, -0.2) is 0 Å². The number of piperidine rings is 1. The van der Waals surface area contributed by atoms with Gasteiger partial charge in [-0.15, -0.1) is 10.2 Å². The minimum atomic E-state index is 0.187. The van der Waals surface area contributed by atoms with Crippen molar-refractivity contribution in [1.82, 2.24) is 15.1 Å². The molecular weight excluding hydrogens is 350 g/mol. The van der Waals surface area contributed by atoms with Gasteiger partial charge in [-0.1, -0.05) is 23.7 Å². The zero-order chi connectivity index (χ0) is 18.1. The summed E-state index contributed by atoms with van der Waals surface area (Å²) in [6.45, 7) is 3.44. The minimum absolute atomic E-state index is 0.187. The highest BCUT2D eigenvalue weighted by molar-refractivity contribution is 6.30. The molecule has 6 heteroatoms. The highest BCUT2D eigenvalue weighted by Gasteiger charge is 2.51. The lowest BCUT2D eigenvalue weighted by Crippen LogP contribution is -2.41. The van der Waals surface area contributed by atoms with Crippen LogP contribution in [-0.2, 0) is 16.6 Å². The number of carbonyl (C=O) groups is 1. The Morgan fingerprint density at radius 1 is 1.31 bits per heavy atom. The molecule has 2 fully saturated rings. The third-order valence-corrected chi connectivity index (χ3v) is 6.17. The van der Waals surface area contributed by atoms with Crippen LogP contribution in [0.15, 0.2) is 28.7 Å². The summed E-state index contributed by atoms with van der Waals surface area (Å²) in [5.74, 6) is 1.92. The number of rotatable bonds is 5. The molecule has 2 aliphatic rings. The van der Waals surface area contributed by atoms with E-state index >= 15 is 0 Å². The van der Waals surface area contributed by atoms with Crippen molar-refractivity contribution in [3.8, 4) is 0 Å². The molecule has 1 aliphatic heterocycles. The number of halogens is 1. The summed E-state index contributed by atoms with van der Waals surface area (Å²) in [5.41, 5.74) is 1.67. The normalized spacial score (nSPS) is 19.5. The average Bonchev–Trinajstić information content (AvgIpc) is 3.36. The molecule has 5 nitrogen and oxygen atoms in total. The van der Waals surface area contributed by atoms with Crippen LogP contribution in [0.4, 0.5) is 0 Å². The monoisotopic (exact) mass is 373 g/mol. The Morgan fingerprint density at radius 2 is 2.08 bits per heavy atom. The molecule has 0 N–H and O–H groups in total. The molecule has 0 atom stereocenters. The Kier molecular flexibility index (Phi) is 4.74. The Balaban J connectivity index is 1.32. The molecule has 4 rings (SSSR count). The van der Waals surface area contributed by atoms with E-state index < -0.39 is 0 Å². The average molecular weight is 374 g/mol. The van der Waals surface area contributed by atoms with Crippen molar-refractivity contribution in [3.05, 3.63) is 46.6 Å². The van der Waals surface area contributed by atoms with Crippen molar-refractivity contribution in [3.63, 3.8) is 0 Å². The molecule has 0 radical (unpaired) electrons. The molecule has 0 unspecified atom stereocenters. The number of aromatic nitrogens is 2. The third kappa shape index (κ3) is 3.50. The molecule has 1 saturated carbocycles. The second kappa shape index (κ2) is 7.03.